The first kappa shape index (κ1) is 15.7. The van der Waals surface area contributed by atoms with Crippen molar-refractivity contribution < 1.29 is 17.9 Å². The average molecular weight is 289 g/mol. The van der Waals surface area contributed by atoms with E-state index in [1.54, 1.807) is 14.2 Å². The maximum atomic E-state index is 11.9. The fraction of sp³-hybridized carbons (Fsp3) is 0.545. The van der Waals surface area contributed by atoms with Crippen LogP contribution in [0.4, 0.5) is 0 Å². The monoisotopic (exact) mass is 289 g/mol. The summed E-state index contributed by atoms with van der Waals surface area (Å²) in [6.45, 7) is 3.96. The number of nitrogens with one attached hydrogen (secondary N) is 1. The number of hydrogen-bond acceptors (Lipinski definition) is 4. The summed E-state index contributed by atoms with van der Waals surface area (Å²) in [5.74, 6) is -0.387. The number of carbonyl (C=O) groups is 1. The van der Waals surface area contributed by atoms with Gasteiger partial charge in [-0.3, -0.25) is 4.79 Å². The number of methoxy groups -OCH3 is 1. The minimum atomic E-state index is -3.81. The molecule has 0 saturated carbocycles. The van der Waals surface area contributed by atoms with E-state index in [4.69, 9.17) is 9.88 Å². The van der Waals surface area contributed by atoms with Crippen molar-refractivity contribution >= 4 is 15.9 Å². The van der Waals surface area contributed by atoms with E-state index in [0.29, 0.717) is 6.54 Å². The van der Waals surface area contributed by atoms with Crippen LogP contribution in [0.15, 0.2) is 17.2 Å². The van der Waals surface area contributed by atoms with Crippen LogP contribution in [0.3, 0.4) is 0 Å². The van der Waals surface area contributed by atoms with E-state index in [-0.39, 0.29) is 16.5 Å². The highest BCUT2D eigenvalue weighted by molar-refractivity contribution is 7.89. The molecule has 3 N–H and O–H groups in total. The van der Waals surface area contributed by atoms with Crippen LogP contribution in [0.1, 0.15) is 24.3 Å². The largest absolute Gasteiger partial charge is 0.377 e. The van der Waals surface area contributed by atoms with Gasteiger partial charge >= 0.3 is 0 Å². The molecule has 0 bridgehead atoms. The van der Waals surface area contributed by atoms with Crippen LogP contribution in [-0.4, -0.2) is 38.1 Å². The van der Waals surface area contributed by atoms with E-state index in [0.717, 1.165) is 0 Å². The molecule has 1 rings (SSSR count). The minimum Gasteiger partial charge on any atom is -0.377 e. The number of carbonyl (C=O) groups excluding carboxylic acids is 1. The van der Waals surface area contributed by atoms with Crippen molar-refractivity contribution in [1.29, 1.82) is 0 Å². The van der Waals surface area contributed by atoms with Gasteiger partial charge in [-0.15, -0.1) is 0 Å². The molecule has 0 fully saturated rings. The summed E-state index contributed by atoms with van der Waals surface area (Å²) in [4.78, 5) is 11.9. The molecule has 108 valence electrons. The Kier molecular flexibility index (Phi) is 4.39. The molecule has 0 unspecified atom stereocenters. The second kappa shape index (κ2) is 5.32. The summed E-state index contributed by atoms with van der Waals surface area (Å²) in [6, 6.07) is 1.24. The molecule has 7 nitrogen and oxygen atoms in total. The smallest absolute Gasteiger partial charge is 0.268 e. The van der Waals surface area contributed by atoms with Crippen LogP contribution in [0.2, 0.25) is 0 Å². The summed E-state index contributed by atoms with van der Waals surface area (Å²) in [5.41, 5.74) is -0.278. The van der Waals surface area contributed by atoms with Crippen molar-refractivity contribution in [2.75, 3.05) is 13.7 Å². The molecule has 1 heterocycles. The lowest BCUT2D eigenvalue weighted by atomic mass is 10.1. The van der Waals surface area contributed by atoms with Gasteiger partial charge in [-0.2, -0.15) is 0 Å². The van der Waals surface area contributed by atoms with Gasteiger partial charge in [-0.25, -0.2) is 13.6 Å². The van der Waals surface area contributed by atoms with Crippen molar-refractivity contribution in [2.24, 2.45) is 12.2 Å². The highest BCUT2D eigenvalue weighted by Crippen LogP contribution is 2.12. The first-order valence-corrected chi connectivity index (χ1v) is 7.14. The van der Waals surface area contributed by atoms with Gasteiger partial charge in [0.1, 0.15) is 10.6 Å². The van der Waals surface area contributed by atoms with Crippen LogP contribution in [0.5, 0.6) is 0 Å². The topological polar surface area (TPSA) is 103 Å². The number of aryl methyl sites for hydroxylation is 1. The molecule has 0 radical (unpaired) electrons. The summed E-state index contributed by atoms with van der Waals surface area (Å²) >= 11 is 0. The number of primary sulfonamides is 1. The first-order chi connectivity index (χ1) is 8.57. The molecule has 1 aromatic heterocycles. The molecular weight excluding hydrogens is 270 g/mol. The van der Waals surface area contributed by atoms with Crippen molar-refractivity contribution in [3.63, 3.8) is 0 Å². The Morgan fingerprint density at radius 1 is 1.53 bits per heavy atom. The van der Waals surface area contributed by atoms with E-state index in [1.165, 1.54) is 16.8 Å². The molecular formula is C11H19N3O4S. The Morgan fingerprint density at radius 2 is 2.11 bits per heavy atom. The number of sulfonamides is 1. The molecule has 0 spiro atoms. The summed E-state index contributed by atoms with van der Waals surface area (Å²) < 4.78 is 29.0. The van der Waals surface area contributed by atoms with Gasteiger partial charge in [0.25, 0.3) is 5.91 Å². The standard InChI is InChI=1S/C11H19N3O4S/c1-11(2,18-4)7-13-10(15)9-5-8(6-14(9)3)19(12,16)17/h5-6H,7H2,1-4H3,(H,13,15)(H2,12,16,17). The predicted molar refractivity (Wildman–Crippen MR) is 70.2 cm³/mol. The molecule has 0 aliphatic heterocycles. The van der Waals surface area contributed by atoms with E-state index >= 15 is 0 Å². The van der Waals surface area contributed by atoms with Gasteiger partial charge in [-0.1, -0.05) is 0 Å². The van der Waals surface area contributed by atoms with Gasteiger partial charge in [0.15, 0.2) is 0 Å². The maximum Gasteiger partial charge on any atom is 0.268 e. The van der Waals surface area contributed by atoms with E-state index in [2.05, 4.69) is 5.32 Å². The Bertz CT molecular complexity index is 575. The Hall–Kier alpha value is -1.38. The molecule has 8 heteroatoms. The summed E-state index contributed by atoms with van der Waals surface area (Å²) in [7, 11) is -0.688. The first-order valence-electron chi connectivity index (χ1n) is 5.59. The Morgan fingerprint density at radius 3 is 2.53 bits per heavy atom. The third-order valence-electron chi connectivity index (χ3n) is 2.77. The number of nitrogens with zero attached hydrogens (tertiary/aromatic N) is 1. The maximum absolute atomic E-state index is 11.9. The van der Waals surface area contributed by atoms with Crippen molar-refractivity contribution in [3.05, 3.63) is 18.0 Å². The number of aromatic nitrogens is 1. The molecule has 0 atom stereocenters. The van der Waals surface area contributed by atoms with Crippen molar-refractivity contribution in [1.82, 2.24) is 9.88 Å². The Labute approximate surface area is 112 Å². The van der Waals surface area contributed by atoms with Gasteiger partial charge in [0.2, 0.25) is 10.0 Å². The lowest BCUT2D eigenvalue weighted by Gasteiger charge is -2.23. The molecule has 19 heavy (non-hydrogen) atoms. The highest BCUT2D eigenvalue weighted by atomic mass is 32.2. The van der Waals surface area contributed by atoms with Gasteiger partial charge < -0.3 is 14.6 Å². The molecule has 1 aromatic rings. The van der Waals surface area contributed by atoms with Crippen molar-refractivity contribution in [3.8, 4) is 0 Å². The Balaban J connectivity index is 2.87. The zero-order valence-corrected chi connectivity index (χ0v) is 12.2. The van der Waals surface area contributed by atoms with Crippen LogP contribution < -0.4 is 10.5 Å². The van der Waals surface area contributed by atoms with E-state index in [9.17, 15) is 13.2 Å². The fourth-order valence-corrected chi connectivity index (χ4v) is 1.95. The normalized spacial score (nSPS) is 12.5. The number of ether oxygens (including phenoxy) is 1. The molecule has 0 aromatic carbocycles. The van der Waals surface area contributed by atoms with E-state index in [1.807, 2.05) is 13.8 Å². The van der Waals surface area contributed by atoms with Gasteiger partial charge in [0, 0.05) is 26.9 Å². The molecule has 0 saturated heterocycles. The van der Waals surface area contributed by atoms with Gasteiger partial charge in [-0.05, 0) is 19.9 Å². The zero-order valence-electron chi connectivity index (χ0n) is 11.4. The number of hydrogen-bond donors (Lipinski definition) is 2. The molecule has 0 aliphatic carbocycles. The van der Waals surface area contributed by atoms with Crippen LogP contribution in [-0.2, 0) is 21.8 Å². The molecule has 0 aliphatic rings. The average Bonchev–Trinajstić information content (AvgIpc) is 2.68. The van der Waals surface area contributed by atoms with Crippen LogP contribution in [0, 0.1) is 0 Å². The number of amides is 1. The van der Waals surface area contributed by atoms with Crippen LogP contribution in [0.25, 0.3) is 0 Å². The van der Waals surface area contributed by atoms with E-state index < -0.39 is 15.6 Å². The lowest BCUT2D eigenvalue weighted by molar-refractivity contribution is 0.0228. The highest BCUT2D eigenvalue weighted by Gasteiger charge is 2.21. The van der Waals surface area contributed by atoms with Gasteiger partial charge in [0.05, 0.1) is 5.60 Å². The summed E-state index contributed by atoms with van der Waals surface area (Å²) in [5, 5.41) is 7.69. The fourth-order valence-electron chi connectivity index (χ4n) is 1.37. The van der Waals surface area contributed by atoms with Crippen molar-refractivity contribution in [2.45, 2.75) is 24.3 Å². The number of nitrogens with two attached hydrogens (primary N) is 1. The quantitative estimate of drug-likeness (QED) is 0.785. The van der Waals surface area contributed by atoms with Crippen LogP contribution >= 0.6 is 0 Å². The molecule has 1 amide bonds. The second-order valence-corrected chi connectivity index (χ2v) is 6.42. The predicted octanol–water partition coefficient (Wildman–Crippen LogP) is -0.173. The lowest BCUT2D eigenvalue weighted by Crippen LogP contribution is -2.40. The zero-order chi connectivity index (χ0) is 14.8. The third-order valence-corrected chi connectivity index (χ3v) is 3.65. The minimum absolute atomic E-state index is 0.0915. The number of rotatable bonds is 5. The second-order valence-electron chi connectivity index (χ2n) is 4.86. The SMILES string of the molecule is COC(C)(C)CNC(=O)c1cc(S(N)(=O)=O)cn1C. The third kappa shape index (κ3) is 4.05. The summed E-state index contributed by atoms with van der Waals surface area (Å²) in [6.07, 6.45) is 1.30.